The van der Waals surface area contributed by atoms with Crippen LogP contribution >= 0.6 is 0 Å². The third-order valence-electron chi connectivity index (χ3n) is 3.33. The molecule has 9 N–H and O–H groups in total. The van der Waals surface area contributed by atoms with Crippen LogP contribution in [-0.2, 0) is 4.79 Å². The van der Waals surface area contributed by atoms with Crippen molar-refractivity contribution in [1.29, 1.82) is 0 Å². The van der Waals surface area contributed by atoms with Gasteiger partial charge in [-0.25, -0.2) is 0 Å². The van der Waals surface area contributed by atoms with Crippen molar-refractivity contribution in [3.8, 4) is 0 Å². The lowest BCUT2D eigenvalue weighted by atomic mass is 9.96. The average Bonchev–Trinajstić information content (AvgIpc) is 2.62. The summed E-state index contributed by atoms with van der Waals surface area (Å²) in [7, 11) is 0. The standard InChI is InChI=1S/C14H22N2O8/c17-6-8(18)9(19)10(20)11(21)12(22)13(23)14(24)16-15-7-4-2-1-3-5-7/h1-5,8-13,15,17-23H,6H2,(H,16,24)/t8-,9-,10+,11-,12-,13-/m1/s1. The Labute approximate surface area is 137 Å². The van der Waals surface area contributed by atoms with Crippen LogP contribution in [0, 0.1) is 0 Å². The van der Waals surface area contributed by atoms with Gasteiger partial charge in [0.2, 0.25) is 0 Å². The molecule has 10 heteroatoms. The monoisotopic (exact) mass is 346 g/mol. The number of para-hydroxylation sites is 1. The van der Waals surface area contributed by atoms with Crippen LogP contribution in [0.15, 0.2) is 30.3 Å². The van der Waals surface area contributed by atoms with E-state index in [4.69, 9.17) is 5.11 Å². The summed E-state index contributed by atoms with van der Waals surface area (Å²) in [4.78, 5) is 11.7. The highest BCUT2D eigenvalue weighted by atomic mass is 16.4. The smallest absolute Gasteiger partial charge is 0.269 e. The molecule has 0 radical (unpaired) electrons. The molecule has 0 saturated carbocycles. The number of aliphatic hydroxyl groups is 7. The molecule has 6 atom stereocenters. The van der Waals surface area contributed by atoms with E-state index in [1.807, 2.05) is 0 Å². The number of nitrogens with one attached hydrogen (secondary N) is 2. The minimum absolute atomic E-state index is 0.495. The number of anilines is 1. The number of carbonyl (C=O) groups excluding carboxylic acids is 1. The van der Waals surface area contributed by atoms with E-state index < -0.39 is 49.1 Å². The van der Waals surface area contributed by atoms with Crippen LogP contribution in [0.2, 0.25) is 0 Å². The molecule has 0 aliphatic rings. The molecule has 0 aliphatic heterocycles. The second-order valence-corrected chi connectivity index (χ2v) is 5.14. The van der Waals surface area contributed by atoms with Crippen LogP contribution in [-0.4, -0.2) is 84.9 Å². The molecule has 0 heterocycles. The Bertz CT molecular complexity index is 503. The van der Waals surface area contributed by atoms with Gasteiger partial charge >= 0.3 is 0 Å². The molecule has 0 aromatic heterocycles. The minimum atomic E-state index is -2.15. The van der Waals surface area contributed by atoms with Gasteiger partial charge in [-0.05, 0) is 12.1 Å². The van der Waals surface area contributed by atoms with E-state index in [0.717, 1.165) is 0 Å². The van der Waals surface area contributed by atoms with Crippen molar-refractivity contribution in [3.63, 3.8) is 0 Å². The van der Waals surface area contributed by atoms with E-state index in [2.05, 4.69) is 10.9 Å². The summed E-state index contributed by atoms with van der Waals surface area (Å²) in [6, 6.07) is 8.36. The molecule has 0 aliphatic carbocycles. The molecule has 0 fully saturated rings. The van der Waals surface area contributed by atoms with E-state index in [1.165, 1.54) is 0 Å². The predicted molar refractivity (Wildman–Crippen MR) is 81.3 cm³/mol. The van der Waals surface area contributed by atoms with Gasteiger partial charge in [0.1, 0.15) is 30.5 Å². The van der Waals surface area contributed by atoms with E-state index in [1.54, 1.807) is 30.3 Å². The molecule has 0 bridgehead atoms. The summed E-state index contributed by atoms with van der Waals surface area (Å²) in [6.07, 6.45) is -12.3. The van der Waals surface area contributed by atoms with E-state index >= 15 is 0 Å². The topological polar surface area (TPSA) is 183 Å². The third-order valence-corrected chi connectivity index (χ3v) is 3.33. The van der Waals surface area contributed by atoms with Gasteiger partial charge in [0.05, 0.1) is 12.3 Å². The fourth-order valence-electron chi connectivity index (χ4n) is 1.81. The highest BCUT2D eigenvalue weighted by Crippen LogP contribution is 2.11. The second-order valence-electron chi connectivity index (χ2n) is 5.14. The maximum Gasteiger partial charge on any atom is 0.269 e. The molecule has 1 aromatic carbocycles. The van der Waals surface area contributed by atoms with Crippen molar-refractivity contribution in [1.82, 2.24) is 5.43 Å². The number of rotatable bonds is 9. The molecule has 10 nitrogen and oxygen atoms in total. The van der Waals surface area contributed by atoms with Crippen molar-refractivity contribution in [2.75, 3.05) is 12.0 Å². The highest BCUT2D eigenvalue weighted by molar-refractivity contribution is 5.82. The van der Waals surface area contributed by atoms with Gasteiger partial charge < -0.3 is 35.7 Å². The quantitative estimate of drug-likeness (QED) is 0.203. The number of amides is 1. The Morgan fingerprint density at radius 2 is 1.42 bits per heavy atom. The van der Waals surface area contributed by atoms with Crippen molar-refractivity contribution in [2.24, 2.45) is 0 Å². The highest BCUT2D eigenvalue weighted by Gasteiger charge is 2.39. The zero-order valence-corrected chi connectivity index (χ0v) is 12.6. The second kappa shape index (κ2) is 9.49. The Kier molecular flexibility index (Phi) is 8.01. The molecule has 1 rings (SSSR count). The number of hydrogen-bond donors (Lipinski definition) is 9. The molecule has 1 amide bonds. The van der Waals surface area contributed by atoms with Crippen molar-refractivity contribution in [3.05, 3.63) is 30.3 Å². The van der Waals surface area contributed by atoms with Gasteiger partial charge in [0.15, 0.2) is 6.10 Å². The average molecular weight is 346 g/mol. The van der Waals surface area contributed by atoms with Gasteiger partial charge in [0.25, 0.3) is 5.91 Å². The van der Waals surface area contributed by atoms with Crippen LogP contribution in [0.5, 0.6) is 0 Å². The van der Waals surface area contributed by atoms with Crippen molar-refractivity contribution in [2.45, 2.75) is 36.6 Å². The molecular formula is C14H22N2O8. The van der Waals surface area contributed by atoms with Crippen LogP contribution < -0.4 is 10.9 Å². The zero-order chi connectivity index (χ0) is 18.3. The first kappa shape index (κ1) is 20.3. The van der Waals surface area contributed by atoms with Crippen molar-refractivity contribution >= 4 is 11.6 Å². The normalized spacial score (nSPS) is 18.8. The number of carbonyl (C=O) groups is 1. The Balaban J connectivity index is 2.58. The third kappa shape index (κ3) is 5.39. The molecule has 0 saturated heterocycles. The van der Waals surface area contributed by atoms with Crippen LogP contribution in [0.3, 0.4) is 0 Å². The molecule has 0 spiro atoms. The summed E-state index contributed by atoms with van der Waals surface area (Å²) in [5.41, 5.74) is 5.05. The summed E-state index contributed by atoms with van der Waals surface area (Å²) in [5, 5.41) is 66.0. The van der Waals surface area contributed by atoms with Crippen LogP contribution in [0.25, 0.3) is 0 Å². The maximum atomic E-state index is 11.7. The molecule has 0 unspecified atom stereocenters. The lowest BCUT2D eigenvalue weighted by Crippen LogP contribution is -2.56. The summed E-state index contributed by atoms with van der Waals surface area (Å²) in [6.45, 7) is -0.898. The largest absolute Gasteiger partial charge is 0.394 e. The molecule has 1 aromatic rings. The number of aliphatic hydroxyl groups excluding tert-OH is 7. The first-order valence-corrected chi connectivity index (χ1v) is 7.09. The lowest BCUT2D eigenvalue weighted by molar-refractivity contribution is -0.165. The number of hydrogen-bond acceptors (Lipinski definition) is 9. The summed E-state index contributed by atoms with van der Waals surface area (Å²) < 4.78 is 0. The summed E-state index contributed by atoms with van der Waals surface area (Å²) in [5.74, 6) is -1.10. The van der Waals surface area contributed by atoms with Crippen LogP contribution in [0.1, 0.15) is 0 Å². The predicted octanol–water partition coefficient (Wildman–Crippen LogP) is -3.71. The minimum Gasteiger partial charge on any atom is -0.394 e. The Hall–Kier alpha value is -1.79. The van der Waals surface area contributed by atoms with Gasteiger partial charge in [0, 0.05) is 0 Å². The Morgan fingerprint density at radius 3 is 1.96 bits per heavy atom. The van der Waals surface area contributed by atoms with Gasteiger partial charge in [-0.1, -0.05) is 18.2 Å². The fraction of sp³-hybridized carbons (Fsp3) is 0.500. The van der Waals surface area contributed by atoms with Crippen molar-refractivity contribution < 1.29 is 40.5 Å². The first-order chi connectivity index (χ1) is 11.3. The van der Waals surface area contributed by atoms with E-state index in [0.29, 0.717) is 5.69 Å². The van der Waals surface area contributed by atoms with Gasteiger partial charge in [-0.3, -0.25) is 15.6 Å². The van der Waals surface area contributed by atoms with E-state index in [-0.39, 0.29) is 0 Å². The van der Waals surface area contributed by atoms with E-state index in [9.17, 15) is 35.4 Å². The Morgan fingerprint density at radius 1 is 0.875 bits per heavy atom. The van der Waals surface area contributed by atoms with Gasteiger partial charge in [-0.15, -0.1) is 0 Å². The van der Waals surface area contributed by atoms with Gasteiger partial charge in [-0.2, -0.15) is 0 Å². The molecule has 136 valence electrons. The number of hydrazine groups is 1. The first-order valence-electron chi connectivity index (χ1n) is 7.09. The lowest BCUT2D eigenvalue weighted by Gasteiger charge is -2.30. The molecule has 24 heavy (non-hydrogen) atoms. The SMILES string of the molecule is O=C(NNc1ccccc1)[C@H](O)[C@H](O)[C@H](O)[C@@H](O)[C@H](O)[C@H](O)CO. The van der Waals surface area contributed by atoms with Crippen LogP contribution in [0.4, 0.5) is 5.69 Å². The maximum absolute atomic E-state index is 11.7. The summed E-state index contributed by atoms with van der Waals surface area (Å²) >= 11 is 0. The zero-order valence-electron chi connectivity index (χ0n) is 12.6. The number of benzene rings is 1. The fourth-order valence-corrected chi connectivity index (χ4v) is 1.81. The molecular weight excluding hydrogens is 324 g/mol.